The van der Waals surface area contributed by atoms with Crippen LogP contribution in [-0.2, 0) is 4.79 Å². The summed E-state index contributed by atoms with van der Waals surface area (Å²) in [7, 11) is 0. The highest BCUT2D eigenvalue weighted by molar-refractivity contribution is 6.01. The van der Waals surface area contributed by atoms with Gasteiger partial charge >= 0.3 is 5.97 Å². The molecule has 2 unspecified atom stereocenters. The Labute approximate surface area is 125 Å². The van der Waals surface area contributed by atoms with Crippen molar-refractivity contribution in [3.8, 4) is 0 Å². The molecular formula is C16H23NO4. The normalized spacial score (nSPS) is 14.0. The third-order valence-electron chi connectivity index (χ3n) is 3.22. The molecule has 116 valence electrons. The summed E-state index contributed by atoms with van der Waals surface area (Å²) in [5.41, 5.74) is 1.60. The van der Waals surface area contributed by atoms with Gasteiger partial charge < -0.3 is 15.5 Å². The molecule has 0 heterocycles. The molecule has 0 saturated carbocycles. The summed E-state index contributed by atoms with van der Waals surface area (Å²) < 4.78 is 0. The first-order valence-corrected chi connectivity index (χ1v) is 7.08. The van der Waals surface area contributed by atoms with Crippen LogP contribution in [0.15, 0.2) is 24.3 Å². The summed E-state index contributed by atoms with van der Waals surface area (Å²) in [6.07, 6.45) is -0.949. The summed E-state index contributed by atoms with van der Waals surface area (Å²) in [6.45, 7) is 5.88. The first-order valence-electron chi connectivity index (χ1n) is 7.08. The molecule has 1 aromatic carbocycles. The van der Waals surface area contributed by atoms with Crippen molar-refractivity contribution in [2.75, 3.05) is 6.54 Å². The number of ketones is 1. The smallest absolute Gasteiger partial charge is 0.305 e. The van der Waals surface area contributed by atoms with E-state index in [1.807, 2.05) is 12.1 Å². The largest absolute Gasteiger partial charge is 0.481 e. The van der Waals surface area contributed by atoms with E-state index in [0.29, 0.717) is 11.5 Å². The zero-order valence-corrected chi connectivity index (χ0v) is 12.7. The summed E-state index contributed by atoms with van der Waals surface area (Å²) in [5, 5.41) is 21.0. The molecular weight excluding hydrogens is 270 g/mol. The van der Waals surface area contributed by atoms with Crippen molar-refractivity contribution in [3.05, 3.63) is 35.4 Å². The van der Waals surface area contributed by atoms with Gasteiger partial charge in [0.2, 0.25) is 0 Å². The van der Waals surface area contributed by atoms with Crippen LogP contribution in [0, 0.1) is 0 Å². The van der Waals surface area contributed by atoms with Gasteiger partial charge in [-0.3, -0.25) is 9.59 Å². The molecule has 5 nitrogen and oxygen atoms in total. The first-order chi connectivity index (χ1) is 9.81. The molecule has 3 N–H and O–H groups in total. The summed E-state index contributed by atoms with van der Waals surface area (Å²) in [6, 6.07) is 6.36. The van der Waals surface area contributed by atoms with Gasteiger partial charge in [0.05, 0.1) is 18.6 Å². The van der Waals surface area contributed by atoms with E-state index in [0.717, 1.165) is 5.56 Å². The van der Waals surface area contributed by atoms with Crippen molar-refractivity contribution < 1.29 is 19.8 Å². The predicted molar refractivity (Wildman–Crippen MR) is 80.6 cm³/mol. The third-order valence-corrected chi connectivity index (χ3v) is 3.22. The lowest BCUT2D eigenvalue weighted by Gasteiger charge is -2.17. The Morgan fingerprint density at radius 2 is 1.71 bits per heavy atom. The summed E-state index contributed by atoms with van der Waals surface area (Å²) >= 11 is 0. The second-order valence-corrected chi connectivity index (χ2v) is 5.55. The maximum absolute atomic E-state index is 12.4. The van der Waals surface area contributed by atoms with Gasteiger partial charge in [0, 0.05) is 12.1 Å². The molecule has 0 fully saturated rings. The zero-order chi connectivity index (χ0) is 16.0. The minimum atomic E-state index is -1.05. The Morgan fingerprint density at radius 3 is 2.14 bits per heavy atom. The van der Waals surface area contributed by atoms with Crippen molar-refractivity contribution in [2.24, 2.45) is 0 Å². The Balaban J connectivity index is 2.85. The Hall–Kier alpha value is -1.72. The van der Waals surface area contributed by atoms with Crippen LogP contribution in [0.3, 0.4) is 0 Å². The number of aliphatic hydroxyl groups excluding tert-OH is 1. The fourth-order valence-corrected chi connectivity index (χ4v) is 1.98. The maximum Gasteiger partial charge on any atom is 0.305 e. The van der Waals surface area contributed by atoms with Gasteiger partial charge in [-0.1, -0.05) is 38.1 Å². The van der Waals surface area contributed by atoms with E-state index >= 15 is 0 Å². The van der Waals surface area contributed by atoms with Crippen molar-refractivity contribution >= 4 is 11.8 Å². The maximum atomic E-state index is 12.4. The van der Waals surface area contributed by atoms with Crippen LogP contribution >= 0.6 is 0 Å². The molecule has 0 aliphatic carbocycles. The van der Waals surface area contributed by atoms with Crippen molar-refractivity contribution in [3.63, 3.8) is 0 Å². The number of aliphatic hydroxyl groups is 1. The molecule has 0 radical (unpaired) electrons. The molecule has 21 heavy (non-hydrogen) atoms. The lowest BCUT2D eigenvalue weighted by Crippen LogP contribution is -2.41. The highest BCUT2D eigenvalue weighted by Gasteiger charge is 2.23. The minimum Gasteiger partial charge on any atom is -0.481 e. The van der Waals surface area contributed by atoms with Crippen LogP contribution < -0.4 is 5.32 Å². The quantitative estimate of drug-likeness (QED) is 0.636. The molecule has 0 spiro atoms. The predicted octanol–water partition coefficient (Wildman–Crippen LogP) is 1.81. The van der Waals surface area contributed by atoms with Crippen molar-refractivity contribution in [1.82, 2.24) is 5.32 Å². The molecule has 0 aromatic heterocycles. The number of hydrogen-bond donors (Lipinski definition) is 3. The zero-order valence-electron chi connectivity index (χ0n) is 12.7. The number of carboxylic acids is 1. The SMILES string of the molecule is CC(O)CNC(CC(=O)O)C(=O)c1ccc(C(C)C)cc1. The number of hydrogen-bond acceptors (Lipinski definition) is 4. The van der Waals surface area contributed by atoms with Gasteiger partial charge in [0.25, 0.3) is 0 Å². The molecule has 1 rings (SSSR count). The Kier molecular flexibility index (Phi) is 6.52. The van der Waals surface area contributed by atoms with Gasteiger partial charge in [-0.25, -0.2) is 0 Å². The van der Waals surface area contributed by atoms with Crippen LogP contribution in [0.2, 0.25) is 0 Å². The van der Waals surface area contributed by atoms with Gasteiger partial charge in [0.1, 0.15) is 0 Å². The number of rotatable bonds is 8. The lowest BCUT2D eigenvalue weighted by atomic mass is 9.97. The molecule has 2 atom stereocenters. The number of benzene rings is 1. The second-order valence-electron chi connectivity index (χ2n) is 5.55. The number of carboxylic acid groups (broad SMARTS) is 1. The van der Waals surface area contributed by atoms with Gasteiger partial charge in [-0.05, 0) is 18.4 Å². The van der Waals surface area contributed by atoms with Gasteiger partial charge in [0.15, 0.2) is 5.78 Å². The standard InChI is InChI=1S/C16H23NO4/c1-10(2)12-4-6-13(7-5-12)16(21)14(8-15(19)20)17-9-11(3)18/h4-7,10-11,14,17-18H,8-9H2,1-3H3,(H,19,20). The van der Waals surface area contributed by atoms with Crippen LogP contribution in [-0.4, -0.2) is 40.7 Å². The number of Topliss-reactive ketones (excluding diaryl/α,β-unsaturated/α-hetero) is 1. The van der Waals surface area contributed by atoms with Gasteiger partial charge in [-0.2, -0.15) is 0 Å². The van der Waals surface area contributed by atoms with Crippen LogP contribution in [0.4, 0.5) is 0 Å². The number of aliphatic carboxylic acids is 1. The fraction of sp³-hybridized carbons (Fsp3) is 0.500. The van der Waals surface area contributed by atoms with Crippen LogP contribution in [0.5, 0.6) is 0 Å². The second kappa shape index (κ2) is 7.90. The number of nitrogens with one attached hydrogen (secondary N) is 1. The molecule has 1 aromatic rings. The summed E-state index contributed by atoms with van der Waals surface area (Å²) in [5.74, 6) is -0.948. The molecule has 0 bridgehead atoms. The lowest BCUT2D eigenvalue weighted by molar-refractivity contribution is -0.137. The minimum absolute atomic E-state index is 0.174. The number of carbonyl (C=O) groups is 2. The van der Waals surface area contributed by atoms with Crippen molar-refractivity contribution in [1.29, 1.82) is 0 Å². The third kappa shape index (κ3) is 5.65. The first kappa shape index (κ1) is 17.3. The fourth-order valence-electron chi connectivity index (χ4n) is 1.98. The van der Waals surface area contributed by atoms with E-state index < -0.39 is 18.1 Å². The van der Waals surface area contributed by atoms with E-state index in [1.54, 1.807) is 19.1 Å². The van der Waals surface area contributed by atoms with E-state index in [4.69, 9.17) is 5.11 Å². The average Bonchev–Trinajstić information content (AvgIpc) is 2.42. The average molecular weight is 293 g/mol. The Bertz CT molecular complexity index is 480. The van der Waals surface area contributed by atoms with E-state index in [9.17, 15) is 14.7 Å². The molecule has 0 aliphatic heterocycles. The topological polar surface area (TPSA) is 86.6 Å². The summed E-state index contributed by atoms with van der Waals surface area (Å²) in [4.78, 5) is 23.2. The van der Waals surface area contributed by atoms with E-state index in [1.165, 1.54) is 0 Å². The number of carbonyl (C=O) groups excluding carboxylic acids is 1. The molecule has 0 aliphatic rings. The highest BCUT2D eigenvalue weighted by atomic mass is 16.4. The Morgan fingerprint density at radius 1 is 1.14 bits per heavy atom. The molecule has 0 saturated heterocycles. The monoisotopic (exact) mass is 293 g/mol. The van der Waals surface area contributed by atoms with E-state index in [2.05, 4.69) is 19.2 Å². The highest BCUT2D eigenvalue weighted by Crippen LogP contribution is 2.16. The van der Waals surface area contributed by atoms with Gasteiger partial charge in [-0.15, -0.1) is 0 Å². The molecule has 5 heteroatoms. The molecule has 0 amide bonds. The van der Waals surface area contributed by atoms with Crippen molar-refractivity contribution in [2.45, 2.75) is 45.3 Å². The van der Waals surface area contributed by atoms with E-state index in [-0.39, 0.29) is 18.7 Å². The van der Waals surface area contributed by atoms with Crippen LogP contribution in [0.1, 0.15) is 49.0 Å². The van der Waals surface area contributed by atoms with Crippen LogP contribution in [0.25, 0.3) is 0 Å².